The largest absolute Gasteiger partial charge is 0.299 e. The Labute approximate surface area is 75.1 Å². The molecule has 0 saturated carbocycles. The Bertz CT molecular complexity index is 277. The van der Waals surface area contributed by atoms with Gasteiger partial charge in [0.1, 0.15) is 0 Å². The summed E-state index contributed by atoms with van der Waals surface area (Å²) in [5.41, 5.74) is 0.507. The molecule has 1 aromatic rings. The highest BCUT2D eigenvalue weighted by molar-refractivity contribution is 7.78. The van der Waals surface area contributed by atoms with E-state index in [1.54, 1.807) is 24.3 Å². The lowest BCUT2D eigenvalue weighted by molar-refractivity contribution is 0.0985. The lowest BCUT2D eigenvalue weighted by Crippen LogP contribution is -2.11. The number of nitrogens with one attached hydrogen (secondary N) is 1. The first-order valence-corrected chi connectivity index (χ1v) is 3.76. The van der Waals surface area contributed by atoms with E-state index in [2.05, 4.69) is 17.5 Å². The predicted molar refractivity (Wildman–Crippen MR) is 47.9 cm³/mol. The van der Waals surface area contributed by atoms with Gasteiger partial charge in [0.2, 0.25) is 0 Å². The van der Waals surface area contributed by atoms with Crippen LogP contribution in [0.5, 0.6) is 0 Å². The molecule has 0 atom stereocenters. The van der Waals surface area contributed by atoms with Crippen LogP contribution in [0.15, 0.2) is 24.3 Å². The maximum absolute atomic E-state index is 10.9. The molecule has 0 radical (unpaired) electrons. The summed E-state index contributed by atoms with van der Waals surface area (Å²) in [7, 11) is 0. The molecule has 58 valence electrons. The molecular weight excluding hydrogens is 182 g/mol. The molecule has 0 aromatic heterocycles. The first-order valence-electron chi connectivity index (χ1n) is 2.94. The number of carbonyl (C=O) groups is 1. The SMILES string of the molecule is O=C(NS)c1cccc(Cl)c1. The minimum absolute atomic E-state index is 0.254. The monoisotopic (exact) mass is 187 g/mol. The quantitative estimate of drug-likeness (QED) is 0.647. The number of carbonyl (C=O) groups excluding carboxylic acids is 1. The van der Waals surface area contributed by atoms with Crippen molar-refractivity contribution >= 4 is 30.3 Å². The molecule has 0 unspecified atom stereocenters. The molecule has 11 heavy (non-hydrogen) atoms. The van der Waals surface area contributed by atoms with Gasteiger partial charge in [-0.2, -0.15) is 0 Å². The summed E-state index contributed by atoms with van der Waals surface area (Å²) in [5.74, 6) is -0.254. The molecule has 0 saturated heterocycles. The maximum Gasteiger partial charge on any atom is 0.260 e. The van der Waals surface area contributed by atoms with Crippen LogP contribution in [-0.2, 0) is 0 Å². The molecule has 0 heterocycles. The molecule has 1 amide bonds. The van der Waals surface area contributed by atoms with Gasteiger partial charge in [-0.1, -0.05) is 30.5 Å². The van der Waals surface area contributed by atoms with Gasteiger partial charge >= 0.3 is 0 Å². The van der Waals surface area contributed by atoms with Crippen LogP contribution < -0.4 is 4.72 Å². The fraction of sp³-hybridized carbons (Fsp3) is 0. The van der Waals surface area contributed by atoms with E-state index in [1.807, 2.05) is 0 Å². The Morgan fingerprint density at radius 2 is 2.27 bits per heavy atom. The summed E-state index contributed by atoms with van der Waals surface area (Å²) in [4.78, 5) is 10.9. The van der Waals surface area contributed by atoms with Crippen molar-refractivity contribution in [1.29, 1.82) is 0 Å². The zero-order valence-corrected chi connectivity index (χ0v) is 7.19. The molecule has 0 spiro atoms. The minimum Gasteiger partial charge on any atom is -0.299 e. The number of amides is 1. The van der Waals surface area contributed by atoms with Gasteiger partial charge in [-0.3, -0.25) is 9.52 Å². The maximum atomic E-state index is 10.9. The van der Waals surface area contributed by atoms with Crippen LogP contribution in [0.25, 0.3) is 0 Å². The predicted octanol–water partition coefficient (Wildman–Crippen LogP) is 1.91. The normalized spacial score (nSPS) is 9.27. The van der Waals surface area contributed by atoms with Crippen molar-refractivity contribution in [2.24, 2.45) is 0 Å². The summed E-state index contributed by atoms with van der Waals surface area (Å²) in [6.07, 6.45) is 0. The molecule has 0 aliphatic rings. The summed E-state index contributed by atoms with van der Waals surface area (Å²) < 4.78 is 2.21. The second-order valence-corrected chi connectivity index (χ2v) is 2.61. The lowest BCUT2D eigenvalue weighted by Gasteiger charge is -1.97. The molecule has 0 aliphatic heterocycles. The van der Waals surface area contributed by atoms with Gasteiger partial charge in [0.05, 0.1) is 0 Å². The lowest BCUT2D eigenvalue weighted by atomic mass is 10.2. The van der Waals surface area contributed by atoms with Crippen molar-refractivity contribution in [3.05, 3.63) is 34.9 Å². The number of hydrogen-bond donors (Lipinski definition) is 2. The fourth-order valence-electron chi connectivity index (χ4n) is 0.694. The Morgan fingerprint density at radius 3 is 2.82 bits per heavy atom. The molecule has 0 fully saturated rings. The van der Waals surface area contributed by atoms with Gasteiger partial charge in [-0.05, 0) is 18.2 Å². The van der Waals surface area contributed by atoms with Crippen molar-refractivity contribution in [3.63, 3.8) is 0 Å². The zero-order valence-electron chi connectivity index (χ0n) is 5.54. The van der Waals surface area contributed by atoms with E-state index >= 15 is 0 Å². The van der Waals surface area contributed by atoms with Gasteiger partial charge < -0.3 is 0 Å². The average Bonchev–Trinajstić information content (AvgIpc) is 2.03. The average molecular weight is 188 g/mol. The van der Waals surface area contributed by atoms with E-state index in [0.29, 0.717) is 10.6 Å². The Hall–Kier alpha value is -0.670. The number of thiol groups is 1. The molecule has 1 N–H and O–H groups in total. The molecule has 0 bridgehead atoms. The van der Waals surface area contributed by atoms with Crippen LogP contribution >= 0.6 is 24.4 Å². The molecule has 2 nitrogen and oxygen atoms in total. The van der Waals surface area contributed by atoms with Crippen molar-refractivity contribution in [3.8, 4) is 0 Å². The number of rotatable bonds is 1. The third-order valence-corrected chi connectivity index (χ3v) is 1.63. The second-order valence-electron chi connectivity index (χ2n) is 1.95. The zero-order chi connectivity index (χ0) is 8.27. The van der Waals surface area contributed by atoms with E-state index in [-0.39, 0.29) is 5.91 Å². The molecule has 0 aliphatic carbocycles. The Kier molecular flexibility index (Phi) is 2.79. The summed E-state index contributed by atoms with van der Waals surface area (Å²) in [6.45, 7) is 0. The van der Waals surface area contributed by atoms with Gasteiger partial charge in [-0.25, -0.2) is 0 Å². The van der Waals surface area contributed by atoms with Gasteiger partial charge in [0.15, 0.2) is 0 Å². The first kappa shape index (κ1) is 8.43. The highest BCUT2D eigenvalue weighted by Gasteiger charge is 2.01. The van der Waals surface area contributed by atoms with Crippen molar-refractivity contribution in [1.82, 2.24) is 4.72 Å². The topological polar surface area (TPSA) is 29.1 Å². The summed E-state index contributed by atoms with van der Waals surface area (Å²) in [5, 5.41) is 0.541. The van der Waals surface area contributed by atoms with Gasteiger partial charge in [0.25, 0.3) is 5.91 Å². The summed E-state index contributed by atoms with van der Waals surface area (Å²) >= 11 is 9.26. The third-order valence-electron chi connectivity index (χ3n) is 1.19. The van der Waals surface area contributed by atoms with Gasteiger partial charge in [-0.15, -0.1) is 0 Å². The van der Waals surface area contributed by atoms with E-state index in [1.165, 1.54) is 0 Å². The molecule has 1 rings (SSSR count). The number of benzene rings is 1. The van der Waals surface area contributed by atoms with Crippen molar-refractivity contribution < 1.29 is 4.79 Å². The van der Waals surface area contributed by atoms with Crippen molar-refractivity contribution in [2.75, 3.05) is 0 Å². The fourth-order valence-corrected chi connectivity index (χ4v) is 1.01. The Morgan fingerprint density at radius 1 is 1.55 bits per heavy atom. The van der Waals surface area contributed by atoms with E-state index in [0.717, 1.165) is 0 Å². The number of halogens is 1. The first-order chi connectivity index (χ1) is 5.24. The van der Waals surface area contributed by atoms with Crippen LogP contribution in [0.3, 0.4) is 0 Å². The second kappa shape index (κ2) is 3.64. The number of hydrogen-bond acceptors (Lipinski definition) is 2. The highest BCUT2D eigenvalue weighted by atomic mass is 35.5. The van der Waals surface area contributed by atoms with Crippen LogP contribution in [0.4, 0.5) is 0 Å². The third kappa shape index (κ3) is 2.13. The van der Waals surface area contributed by atoms with Crippen LogP contribution in [0.2, 0.25) is 5.02 Å². The van der Waals surface area contributed by atoms with Crippen LogP contribution in [0.1, 0.15) is 10.4 Å². The van der Waals surface area contributed by atoms with E-state index < -0.39 is 0 Å². The van der Waals surface area contributed by atoms with E-state index in [4.69, 9.17) is 11.6 Å². The van der Waals surface area contributed by atoms with E-state index in [9.17, 15) is 4.79 Å². The Balaban J connectivity index is 2.96. The van der Waals surface area contributed by atoms with Crippen LogP contribution in [-0.4, -0.2) is 5.91 Å². The summed E-state index contributed by atoms with van der Waals surface area (Å²) in [6, 6.07) is 6.65. The molecule has 1 aromatic carbocycles. The van der Waals surface area contributed by atoms with Crippen molar-refractivity contribution in [2.45, 2.75) is 0 Å². The molecule has 4 heteroatoms. The smallest absolute Gasteiger partial charge is 0.260 e. The van der Waals surface area contributed by atoms with Gasteiger partial charge in [0, 0.05) is 10.6 Å². The highest BCUT2D eigenvalue weighted by Crippen LogP contribution is 2.10. The minimum atomic E-state index is -0.254. The molecular formula is C7H6ClNOS. The van der Waals surface area contributed by atoms with Crippen LogP contribution in [0, 0.1) is 0 Å². The standard InChI is InChI=1S/C7H6ClNOS/c8-6-3-1-2-5(4-6)7(10)9-11/h1-4,11H,(H,9,10).